The van der Waals surface area contributed by atoms with E-state index in [0.29, 0.717) is 12.3 Å². The summed E-state index contributed by atoms with van der Waals surface area (Å²) in [5, 5.41) is 10.3. The maximum absolute atomic E-state index is 11.3. The molecule has 104 valence electrons. The van der Waals surface area contributed by atoms with Gasteiger partial charge in [-0.25, -0.2) is 0 Å². The summed E-state index contributed by atoms with van der Waals surface area (Å²) in [7, 11) is 0. The van der Waals surface area contributed by atoms with Crippen LogP contribution < -0.4 is 15.4 Å². The first-order valence-electron chi connectivity index (χ1n) is 6.56. The highest BCUT2D eigenvalue weighted by Gasteiger charge is 2.15. The molecule has 0 saturated heterocycles. The van der Waals surface area contributed by atoms with Gasteiger partial charge in [-0.3, -0.25) is 9.48 Å². The van der Waals surface area contributed by atoms with Gasteiger partial charge in [0, 0.05) is 19.3 Å². The van der Waals surface area contributed by atoms with Crippen molar-refractivity contribution in [2.24, 2.45) is 0 Å². The van der Waals surface area contributed by atoms with E-state index in [1.54, 1.807) is 6.20 Å². The summed E-state index contributed by atoms with van der Waals surface area (Å²) in [5.74, 6) is 0.596. The molecule has 1 aromatic carbocycles. The van der Waals surface area contributed by atoms with Crippen LogP contribution in [-0.2, 0) is 17.9 Å². The Hall–Kier alpha value is -2.50. The molecule has 1 aliphatic heterocycles. The van der Waals surface area contributed by atoms with Gasteiger partial charge in [-0.1, -0.05) is 6.07 Å². The average molecular weight is 272 g/mol. The van der Waals surface area contributed by atoms with Crippen LogP contribution in [0, 0.1) is 0 Å². The smallest absolute Gasteiger partial charge is 0.262 e. The molecule has 6 heteroatoms. The van der Waals surface area contributed by atoms with Gasteiger partial charge >= 0.3 is 0 Å². The molecule has 0 saturated carbocycles. The molecular weight excluding hydrogens is 256 g/mol. The summed E-state index contributed by atoms with van der Waals surface area (Å²) in [6, 6.07) is 5.78. The van der Waals surface area contributed by atoms with Crippen LogP contribution in [0.25, 0.3) is 0 Å². The van der Waals surface area contributed by atoms with E-state index >= 15 is 0 Å². The van der Waals surface area contributed by atoms with Gasteiger partial charge in [0.15, 0.2) is 6.61 Å². The number of aromatic nitrogens is 2. The number of hydrogen-bond acceptors (Lipinski definition) is 4. The zero-order valence-electron chi connectivity index (χ0n) is 11.2. The average Bonchev–Trinajstić information content (AvgIpc) is 2.92. The van der Waals surface area contributed by atoms with Crippen LogP contribution in [0.15, 0.2) is 30.6 Å². The van der Waals surface area contributed by atoms with Gasteiger partial charge in [0.2, 0.25) is 0 Å². The number of aryl methyl sites for hydroxylation is 1. The molecule has 2 heterocycles. The second kappa shape index (κ2) is 5.24. The Bertz CT molecular complexity index is 636. The number of nitrogens with one attached hydrogen (secondary N) is 2. The Kier molecular flexibility index (Phi) is 3.28. The van der Waals surface area contributed by atoms with E-state index in [-0.39, 0.29) is 12.5 Å². The van der Waals surface area contributed by atoms with Gasteiger partial charge in [0.1, 0.15) is 5.75 Å². The summed E-state index contributed by atoms with van der Waals surface area (Å²) in [4.78, 5) is 11.3. The standard InChI is InChI=1S/C14H16N4O2/c1-2-18-8-11(7-16-18)15-6-10-3-4-13-12(5-10)17-14(19)9-20-13/h3-5,7-8,15H,2,6,9H2,1H3,(H,17,19). The summed E-state index contributed by atoms with van der Waals surface area (Å²) < 4.78 is 7.19. The first-order chi connectivity index (χ1) is 9.74. The van der Waals surface area contributed by atoms with Crippen LogP contribution in [-0.4, -0.2) is 22.3 Å². The normalized spacial score (nSPS) is 13.3. The van der Waals surface area contributed by atoms with Gasteiger partial charge in [0.25, 0.3) is 5.91 Å². The Morgan fingerprint density at radius 2 is 2.40 bits per heavy atom. The minimum Gasteiger partial charge on any atom is -0.482 e. The molecule has 3 rings (SSSR count). The number of ether oxygens (including phenoxy) is 1. The van der Waals surface area contributed by atoms with E-state index < -0.39 is 0 Å². The molecule has 1 aliphatic rings. The number of nitrogens with zero attached hydrogens (tertiary/aromatic N) is 2. The summed E-state index contributed by atoms with van der Waals surface area (Å²) in [6.45, 7) is 3.65. The van der Waals surface area contributed by atoms with E-state index in [0.717, 1.165) is 23.5 Å². The molecule has 0 spiro atoms. The third-order valence-corrected chi connectivity index (χ3v) is 3.13. The molecule has 2 N–H and O–H groups in total. The van der Waals surface area contributed by atoms with Gasteiger partial charge < -0.3 is 15.4 Å². The van der Waals surface area contributed by atoms with Gasteiger partial charge in [-0.05, 0) is 24.6 Å². The largest absolute Gasteiger partial charge is 0.482 e. The fraction of sp³-hybridized carbons (Fsp3) is 0.286. The number of benzene rings is 1. The summed E-state index contributed by atoms with van der Waals surface area (Å²) >= 11 is 0. The molecule has 0 bridgehead atoms. The van der Waals surface area contributed by atoms with Gasteiger partial charge in [0.05, 0.1) is 17.6 Å². The van der Waals surface area contributed by atoms with Crippen LogP contribution >= 0.6 is 0 Å². The van der Waals surface area contributed by atoms with Crippen molar-refractivity contribution in [3.8, 4) is 5.75 Å². The van der Waals surface area contributed by atoms with Crippen molar-refractivity contribution < 1.29 is 9.53 Å². The van der Waals surface area contributed by atoms with E-state index in [2.05, 4.69) is 15.7 Å². The fourth-order valence-corrected chi connectivity index (χ4v) is 2.07. The molecule has 0 radical (unpaired) electrons. The van der Waals surface area contributed by atoms with Crippen molar-refractivity contribution in [2.75, 3.05) is 17.2 Å². The lowest BCUT2D eigenvalue weighted by molar-refractivity contribution is -0.118. The van der Waals surface area contributed by atoms with Gasteiger partial charge in [-0.15, -0.1) is 0 Å². The number of rotatable bonds is 4. The Labute approximate surface area is 116 Å². The third-order valence-electron chi connectivity index (χ3n) is 3.13. The molecule has 0 aliphatic carbocycles. The number of fused-ring (bicyclic) bond motifs is 1. The monoisotopic (exact) mass is 272 g/mol. The second-order valence-corrected chi connectivity index (χ2v) is 4.61. The zero-order chi connectivity index (χ0) is 13.9. The van der Waals surface area contributed by atoms with E-state index in [1.807, 2.05) is 36.0 Å². The van der Waals surface area contributed by atoms with E-state index in [1.165, 1.54) is 0 Å². The van der Waals surface area contributed by atoms with Crippen molar-refractivity contribution in [3.63, 3.8) is 0 Å². The number of hydrogen-bond donors (Lipinski definition) is 2. The van der Waals surface area contributed by atoms with Crippen LogP contribution in [0.4, 0.5) is 11.4 Å². The molecule has 6 nitrogen and oxygen atoms in total. The number of carbonyl (C=O) groups is 1. The van der Waals surface area contributed by atoms with Crippen molar-refractivity contribution >= 4 is 17.3 Å². The van der Waals surface area contributed by atoms with Crippen molar-refractivity contribution in [1.82, 2.24) is 9.78 Å². The van der Waals surface area contributed by atoms with Crippen LogP contribution in [0.2, 0.25) is 0 Å². The zero-order valence-corrected chi connectivity index (χ0v) is 11.2. The van der Waals surface area contributed by atoms with Crippen molar-refractivity contribution in [2.45, 2.75) is 20.0 Å². The number of amides is 1. The SMILES string of the molecule is CCn1cc(NCc2ccc3c(c2)NC(=O)CO3)cn1. The molecule has 0 unspecified atom stereocenters. The summed E-state index contributed by atoms with van der Waals surface area (Å²) in [6.07, 6.45) is 3.76. The van der Waals surface area contributed by atoms with Crippen LogP contribution in [0.1, 0.15) is 12.5 Å². The third kappa shape index (κ3) is 2.59. The molecular formula is C14H16N4O2. The predicted octanol–water partition coefficient (Wildman–Crippen LogP) is 1.85. The minimum absolute atomic E-state index is 0.0841. The number of anilines is 2. The molecule has 0 fully saturated rings. The Balaban J connectivity index is 1.68. The Morgan fingerprint density at radius 3 is 3.20 bits per heavy atom. The van der Waals surface area contributed by atoms with Gasteiger partial charge in [-0.2, -0.15) is 5.10 Å². The Morgan fingerprint density at radius 1 is 1.50 bits per heavy atom. The maximum atomic E-state index is 11.3. The van der Waals surface area contributed by atoms with Crippen LogP contribution in [0.3, 0.4) is 0 Å². The quantitative estimate of drug-likeness (QED) is 0.891. The highest BCUT2D eigenvalue weighted by Crippen LogP contribution is 2.28. The minimum atomic E-state index is -0.119. The molecule has 20 heavy (non-hydrogen) atoms. The number of carbonyl (C=O) groups excluding carboxylic acids is 1. The van der Waals surface area contributed by atoms with E-state index in [4.69, 9.17) is 4.74 Å². The molecule has 1 aromatic heterocycles. The predicted molar refractivity (Wildman–Crippen MR) is 75.8 cm³/mol. The van der Waals surface area contributed by atoms with Crippen LogP contribution in [0.5, 0.6) is 5.75 Å². The van der Waals surface area contributed by atoms with Crippen molar-refractivity contribution in [1.29, 1.82) is 0 Å². The lowest BCUT2D eigenvalue weighted by Gasteiger charge is -2.18. The molecule has 2 aromatic rings. The summed E-state index contributed by atoms with van der Waals surface area (Å²) in [5.41, 5.74) is 2.77. The molecule has 0 atom stereocenters. The maximum Gasteiger partial charge on any atom is 0.262 e. The fourth-order valence-electron chi connectivity index (χ4n) is 2.07. The highest BCUT2D eigenvalue weighted by atomic mass is 16.5. The van der Waals surface area contributed by atoms with E-state index in [9.17, 15) is 4.79 Å². The highest BCUT2D eigenvalue weighted by molar-refractivity contribution is 5.95. The second-order valence-electron chi connectivity index (χ2n) is 4.61. The topological polar surface area (TPSA) is 68.2 Å². The first-order valence-corrected chi connectivity index (χ1v) is 6.56. The van der Waals surface area contributed by atoms with Crippen molar-refractivity contribution in [3.05, 3.63) is 36.2 Å². The molecule has 1 amide bonds. The first kappa shape index (κ1) is 12.5. The lowest BCUT2D eigenvalue weighted by Crippen LogP contribution is -2.25. The lowest BCUT2D eigenvalue weighted by atomic mass is 10.1.